The van der Waals surface area contributed by atoms with Crippen LogP contribution in [0.15, 0.2) is 46.9 Å². The van der Waals surface area contributed by atoms with E-state index in [0.717, 1.165) is 15.7 Å². The molecule has 0 aromatic heterocycles. The quantitative estimate of drug-likeness (QED) is 0.888. The van der Waals surface area contributed by atoms with Crippen LogP contribution in [0.2, 0.25) is 0 Å². The molecule has 5 heteroatoms. The van der Waals surface area contributed by atoms with Crippen molar-refractivity contribution < 1.29 is 9.59 Å². The van der Waals surface area contributed by atoms with Crippen molar-refractivity contribution in [1.29, 1.82) is 0 Å². The van der Waals surface area contributed by atoms with Gasteiger partial charge in [0.05, 0.1) is 6.42 Å². The normalized spacial score (nSPS) is 12.8. The van der Waals surface area contributed by atoms with Gasteiger partial charge in [-0.05, 0) is 48.0 Å². The third-order valence-corrected chi connectivity index (χ3v) is 3.62. The van der Waals surface area contributed by atoms with Gasteiger partial charge >= 0.3 is 0 Å². The molecule has 0 aliphatic carbocycles. The van der Waals surface area contributed by atoms with Crippen molar-refractivity contribution in [3.8, 4) is 0 Å². The molecule has 20 heavy (non-hydrogen) atoms. The Hall–Kier alpha value is -2.14. The van der Waals surface area contributed by atoms with Gasteiger partial charge in [-0.25, -0.2) is 0 Å². The molecule has 0 spiro atoms. The van der Waals surface area contributed by atoms with Gasteiger partial charge in [0.25, 0.3) is 5.91 Å². The predicted molar refractivity (Wildman–Crippen MR) is 80.9 cm³/mol. The van der Waals surface area contributed by atoms with Crippen molar-refractivity contribution in [2.45, 2.75) is 6.42 Å². The van der Waals surface area contributed by atoms with Gasteiger partial charge in [-0.2, -0.15) is 0 Å². The highest BCUT2D eigenvalue weighted by Crippen LogP contribution is 2.26. The second kappa shape index (κ2) is 5.09. The predicted octanol–water partition coefficient (Wildman–Crippen LogP) is 3.20. The lowest BCUT2D eigenvalue weighted by molar-refractivity contribution is -0.115. The Balaban J connectivity index is 1.78. The molecule has 1 aliphatic heterocycles. The summed E-state index contributed by atoms with van der Waals surface area (Å²) < 4.78 is 0.927. The number of carbonyl (C=O) groups is 2. The molecule has 0 atom stereocenters. The number of amides is 2. The molecule has 0 radical (unpaired) electrons. The molecule has 2 amide bonds. The van der Waals surface area contributed by atoms with Gasteiger partial charge in [-0.3, -0.25) is 9.59 Å². The van der Waals surface area contributed by atoms with Crippen LogP contribution in [0.5, 0.6) is 0 Å². The van der Waals surface area contributed by atoms with Crippen LogP contribution in [0.3, 0.4) is 0 Å². The van der Waals surface area contributed by atoms with Crippen LogP contribution in [0.1, 0.15) is 15.9 Å². The van der Waals surface area contributed by atoms with E-state index in [1.807, 2.05) is 18.2 Å². The zero-order valence-corrected chi connectivity index (χ0v) is 12.0. The molecule has 0 saturated heterocycles. The first-order chi connectivity index (χ1) is 9.61. The Morgan fingerprint density at radius 1 is 1.15 bits per heavy atom. The molecule has 0 saturated carbocycles. The molecule has 0 unspecified atom stereocenters. The second-order valence-electron chi connectivity index (χ2n) is 4.56. The third kappa shape index (κ3) is 2.58. The van der Waals surface area contributed by atoms with E-state index in [1.165, 1.54) is 0 Å². The third-order valence-electron chi connectivity index (χ3n) is 3.09. The van der Waals surface area contributed by atoms with Crippen molar-refractivity contribution in [2.24, 2.45) is 0 Å². The van der Waals surface area contributed by atoms with Crippen molar-refractivity contribution >= 4 is 39.1 Å². The topological polar surface area (TPSA) is 58.2 Å². The summed E-state index contributed by atoms with van der Waals surface area (Å²) >= 11 is 3.33. The van der Waals surface area contributed by atoms with Gasteiger partial charge in [0.1, 0.15) is 0 Å². The average Bonchev–Trinajstić information content (AvgIpc) is 2.78. The molecule has 2 aromatic carbocycles. The van der Waals surface area contributed by atoms with E-state index in [4.69, 9.17) is 0 Å². The molecule has 100 valence electrons. The van der Waals surface area contributed by atoms with Gasteiger partial charge in [0.2, 0.25) is 5.91 Å². The number of fused-ring (bicyclic) bond motifs is 1. The van der Waals surface area contributed by atoms with E-state index in [-0.39, 0.29) is 11.8 Å². The molecule has 4 nitrogen and oxygen atoms in total. The second-order valence-corrected chi connectivity index (χ2v) is 5.47. The number of halogens is 1. The van der Waals surface area contributed by atoms with E-state index < -0.39 is 0 Å². The molecule has 0 fully saturated rings. The molecule has 2 N–H and O–H groups in total. The lowest BCUT2D eigenvalue weighted by Gasteiger charge is -2.07. The van der Waals surface area contributed by atoms with Crippen molar-refractivity contribution in [3.05, 3.63) is 58.1 Å². The zero-order chi connectivity index (χ0) is 14.1. The molecule has 2 aromatic rings. The number of carbonyl (C=O) groups excluding carboxylic acids is 2. The summed E-state index contributed by atoms with van der Waals surface area (Å²) in [4.78, 5) is 23.4. The minimum Gasteiger partial charge on any atom is -0.326 e. The summed E-state index contributed by atoms with van der Waals surface area (Å²) in [6.07, 6.45) is 0.358. The van der Waals surface area contributed by atoms with Gasteiger partial charge in [0, 0.05) is 21.4 Å². The maximum atomic E-state index is 12.1. The first kappa shape index (κ1) is 12.9. The van der Waals surface area contributed by atoms with Crippen LogP contribution >= 0.6 is 15.9 Å². The minimum absolute atomic E-state index is 0.0172. The summed E-state index contributed by atoms with van der Waals surface area (Å²) in [5, 5.41) is 5.59. The Morgan fingerprint density at radius 3 is 2.65 bits per heavy atom. The van der Waals surface area contributed by atoms with E-state index in [1.54, 1.807) is 24.3 Å². The van der Waals surface area contributed by atoms with Crippen LogP contribution in [-0.2, 0) is 11.2 Å². The van der Waals surface area contributed by atoms with E-state index in [2.05, 4.69) is 26.6 Å². The van der Waals surface area contributed by atoms with Crippen LogP contribution in [0.25, 0.3) is 0 Å². The van der Waals surface area contributed by atoms with Crippen LogP contribution in [-0.4, -0.2) is 11.8 Å². The van der Waals surface area contributed by atoms with Crippen LogP contribution in [0.4, 0.5) is 11.4 Å². The fraction of sp³-hybridized carbons (Fsp3) is 0.0667. The zero-order valence-electron chi connectivity index (χ0n) is 10.4. The number of hydrogen-bond acceptors (Lipinski definition) is 2. The molecular weight excluding hydrogens is 320 g/mol. The number of benzene rings is 2. The Labute approximate surface area is 124 Å². The maximum absolute atomic E-state index is 12.1. The number of hydrogen-bond donors (Lipinski definition) is 2. The highest BCUT2D eigenvalue weighted by Gasteiger charge is 2.18. The number of anilines is 2. The fourth-order valence-corrected chi connectivity index (χ4v) is 2.38. The summed E-state index contributed by atoms with van der Waals surface area (Å²) in [7, 11) is 0. The SMILES string of the molecule is O=C1Cc2cc(NC(=O)c3ccc(Br)cc3)ccc2N1. The Kier molecular flexibility index (Phi) is 3.28. The molecule has 1 aliphatic rings. The molecule has 3 rings (SSSR count). The lowest BCUT2D eigenvalue weighted by atomic mass is 10.1. The van der Waals surface area contributed by atoms with E-state index in [9.17, 15) is 9.59 Å². The largest absolute Gasteiger partial charge is 0.326 e. The summed E-state index contributed by atoms with van der Waals surface area (Å²) in [6.45, 7) is 0. The van der Waals surface area contributed by atoms with Crippen molar-refractivity contribution in [2.75, 3.05) is 10.6 Å². The van der Waals surface area contributed by atoms with Gasteiger partial charge in [-0.15, -0.1) is 0 Å². The summed E-state index contributed by atoms with van der Waals surface area (Å²) in [5.74, 6) is -0.189. The van der Waals surface area contributed by atoms with Crippen molar-refractivity contribution in [3.63, 3.8) is 0 Å². The first-order valence-electron chi connectivity index (χ1n) is 6.11. The molecule has 0 bridgehead atoms. The standard InChI is InChI=1S/C15H11BrN2O2/c16-11-3-1-9(2-4-11)15(20)17-12-5-6-13-10(7-12)8-14(19)18-13/h1-7H,8H2,(H,17,20)(H,18,19). The van der Waals surface area contributed by atoms with Crippen LogP contribution in [0, 0.1) is 0 Å². The summed E-state index contributed by atoms with van der Waals surface area (Å²) in [5.41, 5.74) is 3.00. The lowest BCUT2D eigenvalue weighted by Crippen LogP contribution is -2.11. The number of rotatable bonds is 2. The highest BCUT2D eigenvalue weighted by molar-refractivity contribution is 9.10. The highest BCUT2D eigenvalue weighted by atomic mass is 79.9. The smallest absolute Gasteiger partial charge is 0.255 e. The molecule has 1 heterocycles. The Morgan fingerprint density at radius 2 is 1.90 bits per heavy atom. The molecular formula is C15H11BrN2O2. The minimum atomic E-state index is -0.172. The monoisotopic (exact) mass is 330 g/mol. The number of nitrogens with one attached hydrogen (secondary N) is 2. The van der Waals surface area contributed by atoms with Crippen molar-refractivity contribution in [1.82, 2.24) is 0 Å². The fourth-order valence-electron chi connectivity index (χ4n) is 2.11. The summed E-state index contributed by atoms with van der Waals surface area (Å²) in [6, 6.07) is 12.5. The van der Waals surface area contributed by atoms with Gasteiger partial charge in [0.15, 0.2) is 0 Å². The van der Waals surface area contributed by atoms with Crippen LogP contribution < -0.4 is 10.6 Å². The van der Waals surface area contributed by atoms with E-state index >= 15 is 0 Å². The average molecular weight is 331 g/mol. The first-order valence-corrected chi connectivity index (χ1v) is 6.91. The van der Waals surface area contributed by atoms with Gasteiger partial charge in [-0.1, -0.05) is 15.9 Å². The van der Waals surface area contributed by atoms with Gasteiger partial charge < -0.3 is 10.6 Å². The van der Waals surface area contributed by atoms with E-state index in [0.29, 0.717) is 17.7 Å². The Bertz CT molecular complexity index is 696. The maximum Gasteiger partial charge on any atom is 0.255 e.